The van der Waals surface area contributed by atoms with E-state index in [9.17, 15) is 14.7 Å². The molecule has 0 radical (unpaired) electrons. The molecule has 0 spiro atoms. The second-order valence-electron chi connectivity index (χ2n) is 5.60. The van der Waals surface area contributed by atoms with Crippen LogP contribution >= 0.6 is 0 Å². The fourth-order valence-electron chi connectivity index (χ4n) is 1.94. The number of hydrogen-bond acceptors (Lipinski definition) is 2. The van der Waals surface area contributed by atoms with E-state index in [-0.39, 0.29) is 17.7 Å². The maximum absolute atomic E-state index is 12.1. The molecule has 2 N–H and O–H groups in total. The molecule has 0 heterocycles. The van der Waals surface area contributed by atoms with Crippen LogP contribution in [-0.2, 0) is 9.59 Å². The molecule has 0 aliphatic rings. The summed E-state index contributed by atoms with van der Waals surface area (Å²) in [5.74, 6) is -1.32. The lowest BCUT2D eigenvalue weighted by molar-refractivity contribution is -0.142. The molecule has 1 aromatic rings. The first-order valence-electron chi connectivity index (χ1n) is 6.85. The van der Waals surface area contributed by atoms with E-state index in [2.05, 4.69) is 5.32 Å². The van der Waals surface area contributed by atoms with E-state index in [1.165, 1.54) is 0 Å². The van der Waals surface area contributed by atoms with E-state index in [1.54, 1.807) is 6.07 Å². The highest BCUT2D eigenvalue weighted by Crippen LogP contribution is 2.22. The molecular weight excluding hydrogens is 254 g/mol. The molecule has 1 amide bonds. The number of rotatable bonds is 5. The van der Waals surface area contributed by atoms with Gasteiger partial charge in [-0.05, 0) is 36.5 Å². The number of carboxylic acid groups (broad SMARTS) is 1. The van der Waals surface area contributed by atoms with Crippen LogP contribution in [0.15, 0.2) is 18.2 Å². The number of hydrogen-bond donors (Lipinski definition) is 2. The van der Waals surface area contributed by atoms with E-state index in [0.29, 0.717) is 5.56 Å². The van der Waals surface area contributed by atoms with Gasteiger partial charge in [-0.15, -0.1) is 0 Å². The number of nitrogens with one attached hydrogen (secondary N) is 1. The standard InChI is InChI=1S/C16H23NO3/c1-9(2)11(4)15(18)17-14(16(19)20)13-8-6-7-10(3)12(13)5/h6-9,11,14H,1-5H3,(H,17,18)(H,19,20). The van der Waals surface area contributed by atoms with Gasteiger partial charge in [-0.3, -0.25) is 4.79 Å². The molecule has 20 heavy (non-hydrogen) atoms. The lowest BCUT2D eigenvalue weighted by Gasteiger charge is -2.21. The van der Waals surface area contributed by atoms with E-state index in [1.807, 2.05) is 46.8 Å². The monoisotopic (exact) mass is 277 g/mol. The zero-order valence-corrected chi connectivity index (χ0v) is 12.7. The van der Waals surface area contributed by atoms with Gasteiger partial charge in [-0.25, -0.2) is 4.79 Å². The Labute approximate surface area is 120 Å². The molecule has 110 valence electrons. The maximum atomic E-state index is 12.1. The van der Waals surface area contributed by atoms with Crippen LogP contribution in [0.4, 0.5) is 0 Å². The lowest BCUT2D eigenvalue weighted by atomic mass is 9.94. The largest absolute Gasteiger partial charge is 0.479 e. The van der Waals surface area contributed by atoms with Gasteiger partial charge < -0.3 is 10.4 Å². The van der Waals surface area contributed by atoms with E-state index in [0.717, 1.165) is 11.1 Å². The minimum Gasteiger partial charge on any atom is -0.479 e. The van der Waals surface area contributed by atoms with Crippen LogP contribution in [0.25, 0.3) is 0 Å². The molecule has 0 aliphatic carbocycles. The number of carbonyl (C=O) groups excluding carboxylic acids is 1. The van der Waals surface area contributed by atoms with Crippen molar-refractivity contribution in [2.24, 2.45) is 11.8 Å². The van der Waals surface area contributed by atoms with Gasteiger partial charge in [0.1, 0.15) is 0 Å². The Balaban J connectivity index is 3.05. The molecule has 0 saturated carbocycles. The Morgan fingerprint density at radius 2 is 1.75 bits per heavy atom. The third-order valence-corrected chi connectivity index (χ3v) is 3.90. The van der Waals surface area contributed by atoms with Crippen molar-refractivity contribution in [3.63, 3.8) is 0 Å². The Morgan fingerprint density at radius 3 is 2.25 bits per heavy atom. The fourth-order valence-corrected chi connectivity index (χ4v) is 1.94. The molecule has 4 heteroatoms. The van der Waals surface area contributed by atoms with Crippen LogP contribution in [0, 0.1) is 25.7 Å². The summed E-state index contributed by atoms with van der Waals surface area (Å²) >= 11 is 0. The summed E-state index contributed by atoms with van der Waals surface area (Å²) in [7, 11) is 0. The van der Waals surface area contributed by atoms with Crippen LogP contribution in [-0.4, -0.2) is 17.0 Å². The second-order valence-corrected chi connectivity index (χ2v) is 5.60. The quantitative estimate of drug-likeness (QED) is 0.869. The van der Waals surface area contributed by atoms with Crippen molar-refractivity contribution in [1.82, 2.24) is 5.32 Å². The normalized spacial score (nSPS) is 13.9. The van der Waals surface area contributed by atoms with Crippen molar-refractivity contribution in [2.75, 3.05) is 0 Å². The minimum atomic E-state index is -1.04. The Kier molecular flexibility index (Phi) is 5.31. The van der Waals surface area contributed by atoms with E-state index in [4.69, 9.17) is 0 Å². The first-order chi connectivity index (χ1) is 9.25. The first kappa shape index (κ1) is 16.2. The van der Waals surface area contributed by atoms with Gasteiger partial charge in [-0.1, -0.05) is 39.0 Å². The average molecular weight is 277 g/mol. The highest BCUT2D eigenvalue weighted by molar-refractivity contribution is 5.86. The average Bonchev–Trinajstić information content (AvgIpc) is 2.38. The molecule has 0 aromatic heterocycles. The lowest BCUT2D eigenvalue weighted by Crippen LogP contribution is -2.38. The number of carboxylic acids is 1. The Hall–Kier alpha value is -1.84. The van der Waals surface area contributed by atoms with Crippen molar-refractivity contribution >= 4 is 11.9 Å². The van der Waals surface area contributed by atoms with Gasteiger partial charge in [0.05, 0.1) is 0 Å². The summed E-state index contributed by atoms with van der Waals surface area (Å²) in [5, 5.41) is 12.0. The SMILES string of the molecule is Cc1cccc(C(NC(=O)C(C)C(C)C)C(=O)O)c1C. The van der Waals surface area contributed by atoms with Crippen molar-refractivity contribution in [1.29, 1.82) is 0 Å². The van der Waals surface area contributed by atoms with Crippen LogP contribution in [0.2, 0.25) is 0 Å². The zero-order valence-electron chi connectivity index (χ0n) is 12.7. The van der Waals surface area contributed by atoms with Crippen LogP contribution in [0.1, 0.15) is 43.5 Å². The van der Waals surface area contributed by atoms with Gasteiger partial charge in [-0.2, -0.15) is 0 Å². The molecule has 4 nitrogen and oxygen atoms in total. The molecular formula is C16H23NO3. The van der Waals surface area contributed by atoms with Gasteiger partial charge in [0.25, 0.3) is 0 Å². The van der Waals surface area contributed by atoms with Gasteiger partial charge in [0.2, 0.25) is 5.91 Å². The van der Waals surface area contributed by atoms with Crippen LogP contribution < -0.4 is 5.32 Å². The fraction of sp³-hybridized carbons (Fsp3) is 0.500. The van der Waals surface area contributed by atoms with Crippen molar-refractivity contribution in [3.8, 4) is 0 Å². The minimum absolute atomic E-state index is 0.169. The first-order valence-corrected chi connectivity index (χ1v) is 6.85. The predicted molar refractivity (Wildman–Crippen MR) is 78.4 cm³/mol. The summed E-state index contributed by atoms with van der Waals surface area (Å²) in [6, 6.07) is 4.49. The number of aryl methyl sites for hydroxylation is 1. The maximum Gasteiger partial charge on any atom is 0.330 e. The Morgan fingerprint density at radius 1 is 1.15 bits per heavy atom. The molecule has 0 aliphatic heterocycles. The molecule has 0 bridgehead atoms. The van der Waals surface area contributed by atoms with Crippen LogP contribution in [0.3, 0.4) is 0 Å². The van der Waals surface area contributed by atoms with E-state index < -0.39 is 12.0 Å². The molecule has 2 atom stereocenters. The van der Waals surface area contributed by atoms with Crippen molar-refractivity contribution in [2.45, 2.75) is 40.7 Å². The summed E-state index contributed by atoms with van der Waals surface area (Å²) in [5.41, 5.74) is 2.55. The molecule has 0 fully saturated rings. The summed E-state index contributed by atoms with van der Waals surface area (Å²) in [6.07, 6.45) is 0. The number of carbonyl (C=O) groups is 2. The summed E-state index contributed by atoms with van der Waals surface area (Å²) < 4.78 is 0. The second kappa shape index (κ2) is 6.55. The van der Waals surface area contributed by atoms with Gasteiger partial charge >= 0.3 is 5.97 Å². The third-order valence-electron chi connectivity index (χ3n) is 3.90. The smallest absolute Gasteiger partial charge is 0.330 e. The number of aliphatic carboxylic acids is 1. The predicted octanol–water partition coefficient (Wildman–Crippen LogP) is 2.84. The van der Waals surface area contributed by atoms with Gasteiger partial charge in [0, 0.05) is 5.92 Å². The van der Waals surface area contributed by atoms with E-state index >= 15 is 0 Å². The van der Waals surface area contributed by atoms with Crippen molar-refractivity contribution < 1.29 is 14.7 Å². The molecule has 1 rings (SSSR count). The third kappa shape index (κ3) is 3.59. The number of amides is 1. The zero-order chi connectivity index (χ0) is 15.4. The van der Waals surface area contributed by atoms with Gasteiger partial charge in [0.15, 0.2) is 6.04 Å². The van der Waals surface area contributed by atoms with Crippen LogP contribution in [0.5, 0.6) is 0 Å². The topological polar surface area (TPSA) is 66.4 Å². The molecule has 1 aromatic carbocycles. The molecule has 2 unspecified atom stereocenters. The Bertz CT molecular complexity index is 508. The highest BCUT2D eigenvalue weighted by Gasteiger charge is 2.27. The number of benzene rings is 1. The van der Waals surface area contributed by atoms with Crippen molar-refractivity contribution in [3.05, 3.63) is 34.9 Å². The summed E-state index contributed by atoms with van der Waals surface area (Å²) in [4.78, 5) is 23.6. The molecule has 0 saturated heterocycles. The highest BCUT2D eigenvalue weighted by atomic mass is 16.4. The summed E-state index contributed by atoms with van der Waals surface area (Å²) in [6.45, 7) is 9.49.